The molecule has 4 rings (SSSR count). The van der Waals surface area contributed by atoms with E-state index in [9.17, 15) is 18.4 Å². The summed E-state index contributed by atoms with van der Waals surface area (Å²) in [6.45, 7) is 4.82. The van der Waals surface area contributed by atoms with Crippen molar-refractivity contribution in [3.8, 4) is 0 Å². The molecule has 2 aliphatic rings. The van der Waals surface area contributed by atoms with Gasteiger partial charge in [-0.25, -0.2) is 8.78 Å². The molecule has 0 saturated carbocycles. The highest BCUT2D eigenvalue weighted by Crippen LogP contribution is 2.33. The summed E-state index contributed by atoms with van der Waals surface area (Å²) in [6.07, 6.45) is 2.04. The van der Waals surface area contributed by atoms with E-state index in [1.54, 1.807) is 30.2 Å². The lowest BCUT2D eigenvalue weighted by Gasteiger charge is -2.36. The molecule has 32 heavy (non-hydrogen) atoms. The predicted molar refractivity (Wildman–Crippen MR) is 114 cm³/mol. The van der Waals surface area contributed by atoms with Gasteiger partial charge in [-0.05, 0) is 43.5 Å². The minimum Gasteiger partial charge on any atom is -0.381 e. The van der Waals surface area contributed by atoms with Crippen molar-refractivity contribution < 1.29 is 23.1 Å². The van der Waals surface area contributed by atoms with E-state index in [1.807, 2.05) is 6.92 Å². The second-order valence-electron chi connectivity index (χ2n) is 8.57. The molecule has 2 amide bonds. The molecule has 0 radical (unpaired) electrons. The molecule has 9 heteroatoms. The minimum absolute atomic E-state index is 0.0160. The van der Waals surface area contributed by atoms with Crippen molar-refractivity contribution in [2.45, 2.75) is 32.4 Å². The molecule has 6 nitrogen and oxygen atoms in total. The van der Waals surface area contributed by atoms with Crippen molar-refractivity contribution >= 4 is 23.4 Å². The molecular weight excluding hydrogens is 440 g/mol. The smallest absolute Gasteiger partial charge is 0.254 e. The Hall–Kier alpha value is -2.58. The average molecular weight is 464 g/mol. The Morgan fingerprint density at radius 1 is 1.25 bits per heavy atom. The molecule has 3 atom stereocenters. The number of nitrogens with zero attached hydrogens (tertiary/aromatic N) is 2. The Balaban J connectivity index is 1.58. The summed E-state index contributed by atoms with van der Waals surface area (Å²) in [7, 11) is 0. The quantitative estimate of drug-likeness (QED) is 0.687. The minimum atomic E-state index is -0.793. The number of likely N-dealkylation sites (tertiary alicyclic amines) is 1. The van der Waals surface area contributed by atoms with E-state index >= 15 is 0 Å². The van der Waals surface area contributed by atoms with E-state index in [-0.39, 0.29) is 28.3 Å². The maximum Gasteiger partial charge on any atom is 0.254 e. The molecule has 0 unspecified atom stereocenters. The number of aryl methyl sites for hydroxylation is 1. The van der Waals surface area contributed by atoms with Crippen LogP contribution in [0.5, 0.6) is 0 Å². The lowest BCUT2D eigenvalue weighted by Crippen LogP contribution is -2.50. The third-order valence-electron chi connectivity index (χ3n) is 6.03. The van der Waals surface area contributed by atoms with Crippen LogP contribution in [0.15, 0.2) is 30.5 Å². The van der Waals surface area contributed by atoms with E-state index < -0.39 is 29.6 Å². The van der Waals surface area contributed by atoms with Crippen LogP contribution in [0.4, 0.5) is 8.78 Å². The Morgan fingerprint density at radius 2 is 2.00 bits per heavy atom. The topological polar surface area (TPSA) is 71.5 Å². The van der Waals surface area contributed by atoms with Crippen molar-refractivity contribution in [3.63, 3.8) is 0 Å². The molecule has 2 aromatic rings. The summed E-state index contributed by atoms with van der Waals surface area (Å²) in [5, 5.41) is 2.53. The molecule has 1 aromatic carbocycles. The molecule has 0 bridgehead atoms. The van der Waals surface area contributed by atoms with Gasteiger partial charge in [0.05, 0.1) is 24.3 Å². The lowest BCUT2D eigenvalue weighted by atomic mass is 9.90. The Morgan fingerprint density at radius 3 is 2.66 bits per heavy atom. The van der Waals surface area contributed by atoms with Crippen LogP contribution in [-0.4, -0.2) is 47.5 Å². The maximum atomic E-state index is 14.6. The maximum absolute atomic E-state index is 14.6. The second-order valence-corrected chi connectivity index (χ2v) is 8.98. The third-order valence-corrected chi connectivity index (χ3v) is 6.31. The summed E-state index contributed by atoms with van der Waals surface area (Å²) >= 11 is 5.69. The number of aromatic nitrogens is 1. The number of pyridine rings is 1. The number of carbonyl (C=O) groups excluding carboxylic acids is 2. The Kier molecular flexibility index (Phi) is 6.44. The van der Waals surface area contributed by atoms with Crippen molar-refractivity contribution in [1.82, 2.24) is 15.2 Å². The van der Waals surface area contributed by atoms with Gasteiger partial charge in [0.2, 0.25) is 5.91 Å². The van der Waals surface area contributed by atoms with E-state index in [1.165, 1.54) is 0 Å². The van der Waals surface area contributed by atoms with Crippen LogP contribution in [0.1, 0.15) is 41.0 Å². The van der Waals surface area contributed by atoms with Gasteiger partial charge in [0.15, 0.2) is 0 Å². The highest BCUT2D eigenvalue weighted by molar-refractivity contribution is 6.30. The van der Waals surface area contributed by atoms with Gasteiger partial charge in [-0.1, -0.05) is 18.5 Å². The van der Waals surface area contributed by atoms with Gasteiger partial charge in [-0.2, -0.15) is 0 Å². The summed E-state index contributed by atoms with van der Waals surface area (Å²) in [5.41, 5.74) is 1.18. The zero-order valence-corrected chi connectivity index (χ0v) is 18.5. The number of nitrogens with one attached hydrogen (secondary N) is 1. The molecule has 2 saturated heterocycles. The fourth-order valence-corrected chi connectivity index (χ4v) is 4.44. The Labute approximate surface area is 189 Å². The molecule has 3 heterocycles. The van der Waals surface area contributed by atoms with Crippen LogP contribution in [0.2, 0.25) is 5.02 Å². The van der Waals surface area contributed by atoms with Gasteiger partial charge in [-0.15, -0.1) is 0 Å². The molecule has 1 aromatic heterocycles. The fraction of sp³-hybridized carbons (Fsp3) is 0.435. The number of hydrogen-bond acceptors (Lipinski definition) is 4. The number of amides is 2. The molecule has 2 fully saturated rings. The van der Waals surface area contributed by atoms with E-state index in [0.717, 1.165) is 12.1 Å². The molecule has 1 N–H and O–H groups in total. The zero-order chi connectivity index (χ0) is 23.0. The summed E-state index contributed by atoms with van der Waals surface area (Å²) in [4.78, 5) is 32.1. The number of benzene rings is 1. The third kappa shape index (κ3) is 4.47. The van der Waals surface area contributed by atoms with Crippen LogP contribution in [0.3, 0.4) is 0 Å². The zero-order valence-electron chi connectivity index (χ0n) is 17.8. The van der Waals surface area contributed by atoms with Crippen LogP contribution in [0.25, 0.3) is 0 Å². The molecule has 170 valence electrons. The van der Waals surface area contributed by atoms with Crippen molar-refractivity contribution in [3.05, 3.63) is 63.9 Å². The molecule has 0 aliphatic carbocycles. The van der Waals surface area contributed by atoms with E-state index in [2.05, 4.69) is 10.3 Å². The largest absolute Gasteiger partial charge is 0.381 e. The van der Waals surface area contributed by atoms with Gasteiger partial charge in [-0.3, -0.25) is 14.6 Å². The molecule has 2 aliphatic heterocycles. The number of carbonyl (C=O) groups is 2. The van der Waals surface area contributed by atoms with Crippen LogP contribution in [-0.2, 0) is 9.53 Å². The first kappa shape index (κ1) is 22.6. The summed E-state index contributed by atoms with van der Waals surface area (Å²) in [6, 6.07) is 3.72. The van der Waals surface area contributed by atoms with E-state index in [4.69, 9.17) is 16.3 Å². The van der Waals surface area contributed by atoms with Gasteiger partial charge in [0, 0.05) is 35.5 Å². The number of rotatable bonds is 5. The van der Waals surface area contributed by atoms with E-state index in [0.29, 0.717) is 37.4 Å². The summed E-state index contributed by atoms with van der Waals surface area (Å²) in [5.74, 6) is -2.21. The fourth-order valence-electron chi connectivity index (χ4n) is 4.29. The van der Waals surface area contributed by atoms with Crippen molar-refractivity contribution in [1.29, 1.82) is 0 Å². The van der Waals surface area contributed by atoms with Gasteiger partial charge in [0.1, 0.15) is 17.7 Å². The number of ether oxygens (including phenoxy) is 1. The highest BCUT2D eigenvalue weighted by atomic mass is 35.5. The first-order valence-corrected chi connectivity index (χ1v) is 10.9. The molecule has 0 spiro atoms. The highest BCUT2D eigenvalue weighted by Gasteiger charge is 2.41. The summed E-state index contributed by atoms with van der Waals surface area (Å²) < 4.78 is 33.9. The van der Waals surface area contributed by atoms with Gasteiger partial charge >= 0.3 is 0 Å². The second kappa shape index (κ2) is 9.11. The monoisotopic (exact) mass is 463 g/mol. The number of hydrogen-bond donors (Lipinski definition) is 1. The van der Waals surface area contributed by atoms with Crippen molar-refractivity contribution in [2.75, 3.05) is 19.8 Å². The predicted octanol–water partition coefficient (Wildman–Crippen LogP) is 3.68. The Bertz CT molecular complexity index is 1050. The average Bonchev–Trinajstić information content (AvgIpc) is 3.10. The molecular formula is C23H24ClF2N3O3. The van der Waals surface area contributed by atoms with Gasteiger partial charge < -0.3 is 15.0 Å². The normalized spacial score (nSPS) is 21.8. The first-order chi connectivity index (χ1) is 15.2. The van der Waals surface area contributed by atoms with Crippen LogP contribution < -0.4 is 5.32 Å². The van der Waals surface area contributed by atoms with Crippen molar-refractivity contribution in [2.24, 2.45) is 11.8 Å². The van der Waals surface area contributed by atoms with Crippen LogP contribution >= 0.6 is 11.6 Å². The van der Waals surface area contributed by atoms with Crippen LogP contribution in [0, 0.1) is 30.4 Å². The lowest BCUT2D eigenvalue weighted by molar-refractivity contribution is -0.128. The van der Waals surface area contributed by atoms with Gasteiger partial charge in [0.25, 0.3) is 5.91 Å². The standard InChI is InChI=1S/C23H24ClF2N3O3/c1-12-5-20(29(9-12)23(31)14-3-4-27-13(2)6-14)22(30)28-21(15-10-32-11-15)16-7-19(26)17(24)8-18(16)25/h3-4,6-8,12,15,20-21H,5,9-11H2,1-2H3,(H,28,30)/t12-,20-,21-/m1/s1. The SMILES string of the molecule is Cc1cc(C(=O)N2C[C@H](C)C[C@@H]2C(=O)N[C@@H](c2cc(F)c(Cl)cc2F)C2COC2)ccn1. The number of halogens is 3. The first-order valence-electron chi connectivity index (χ1n) is 10.5.